The highest BCUT2D eigenvalue weighted by Gasteiger charge is 2.14. The Morgan fingerprint density at radius 2 is 2.18 bits per heavy atom. The largest absolute Gasteiger partial charge is 0.326 e. The lowest BCUT2D eigenvalue weighted by atomic mass is 10.2. The molecule has 0 fully saturated rings. The van der Waals surface area contributed by atoms with Crippen LogP contribution in [0.15, 0.2) is 35.0 Å². The van der Waals surface area contributed by atoms with Crippen LogP contribution < -0.4 is 10.2 Å². The number of carbonyl (C=O) groups is 1. The maximum absolute atomic E-state index is 12.1. The summed E-state index contributed by atoms with van der Waals surface area (Å²) in [6.07, 6.45) is 0. The predicted octanol–water partition coefficient (Wildman–Crippen LogP) is 1.62. The lowest BCUT2D eigenvalue weighted by Crippen LogP contribution is -3.08. The van der Waals surface area contributed by atoms with E-state index in [0.29, 0.717) is 17.8 Å². The number of aryl methyl sites for hydroxylation is 1. The van der Waals surface area contributed by atoms with Crippen LogP contribution >= 0.6 is 11.3 Å². The molecule has 1 unspecified atom stereocenters. The van der Waals surface area contributed by atoms with Gasteiger partial charge in [0.1, 0.15) is 6.54 Å². The van der Waals surface area contributed by atoms with Crippen molar-refractivity contribution in [3.05, 3.63) is 56.3 Å². The second-order valence-corrected chi connectivity index (χ2v) is 6.03. The number of quaternary nitrogens is 1. The maximum Gasteiger partial charge on any atom is 0.279 e. The topological polar surface area (TPSA) is 76.7 Å². The van der Waals surface area contributed by atoms with Crippen LogP contribution in [-0.4, -0.2) is 24.4 Å². The monoisotopic (exact) mass is 320 g/mol. The van der Waals surface area contributed by atoms with Gasteiger partial charge in [0, 0.05) is 23.4 Å². The molecule has 0 saturated heterocycles. The Kier molecular flexibility index (Phi) is 5.24. The normalized spacial score (nSPS) is 11.9. The van der Waals surface area contributed by atoms with Gasteiger partial charge in [0.05, 0.1) is 12.0 Å². The number of carbonyl (C=O) groups excluding carboxylic acids is 1. The number of nitro groups is 1. The van der Waals surface area contributed by atoms with Gasteiger partial charge >= 0.3 is 0 Å². The summed E-state index contributed by atoms with van der Waals surface area (Å²) >= 11 is 1.64. The molecule has 2 rings (SSSR count). The number of benzene rings is 1. The van der Waals surface area contributed by atoms with E-state index in [1.807, 2.05) is 18.5 Å². The van der Waals surface area contributed by atoms with Crippen LogP contribution in [0.5, 0.6) is 0 Å². The van der Waals surface area contributed by atoms with Gasteiger partial charge in [-0.25, -0.2) is 0 Å². The molecule has 2 aromatic rings. The molecule has 0 saturated carbocycles. The van der Waals surface area contributed by atoms with Crippen molar-refractivity contribution in [2.75, 3.05) is 18.9 Å². The summed E-state index contributed by atoms with van der Waals surface area (Å²) in [5, 5.41) is 17.6. The van der Waals surface area contributed by atoms with Crippen molar-refractivity contribution in [3.63, 3.8) is 0 Å². The van der Waals surface area contributed by atoms with Gasteiger partial charge < -0.3 is 10.2 Å². The molecule has 1 aromatic heterocycles. The van der Waals surface area contributed by atoms with E-state index in [1.165, 1.54) is 17.7 Å². The molecule has 1 aromatic carbocycles. The molecule has 22 heavy (non-hydrogen) atoms. The Balaban J connectivity index is 1.93. The number of rotatable bonds is 6. The summed E-state index contributed by atoms with van der Waals surface area (Å²) in [4.78, 5) is 23.4. The SMILES string of the molecule is Cc1cc([N+](=O)[O-])ccc1NC(=O)C[NH+](C)Cc1ccsc1. The van der Waals surface area contributed by atoms with E-state index < -0.39 is 4.92 Å². The number of thiophene rings is 1. The lowest BCUT2D eigenvalue weighted by molar-refractivity contribution is -0.885. The van der Waals surface area contributed by atoms with E-state index in [0.717, 1.165) is 11.4 Å². The van der Waals surface area contributed by atoms with E-state index in [-0.39, 0.29) is 11.6 Å². The lowest BCUT2D eigenvalue weighted by Gasteiger charge is -2.14. The van der Waals surface area contributed by atoms with E-state index in [2.05, 4.69) is 10.7 Å². The molecule has 116 valence electrons. The Labute approximate surface area is 132 Å². The molecule has 0 aliphatic rings. The molecule has 2 N–H and O–H groups in total. The molecule has 0 aliphatic carbocycles. The standard InChI is InChI=1S/C15H17N3O3S/c1-11-7-13(18(20)21)3-4-14(11)16-15(19)9-17(2)8-12-5-6-22-10-12/h3-7,10H,8-9H2,1-2H3,(H,16,19)/p+1. The zero-order valence-corrected chi connectivity index (χ0v) is 13.3. The predicted molar refractivity (Wildman–Crippen MR) is 86.2 cm³/mol. The van der Waals surface area contributed by atoms with Crippen molar-refractivity contribution in [2.24, 2.45) is 0 Å². The number of nitrogens with one attached hydrogen (secondary N) is 2. The minimum atomic E-state index is -0.447. The third-order valence-electron chi connectivity index (χ3n) is 3.24. The highest BCUT2D eigenvalue weighted by atomic mass is 32.1. The Hall–Kier alpha value is -2.25. The zero-order chi connectivity index (χ0) is 16.1. The fourth-order valence-electron chi connectivity index (χ4n) is 2.17. The van der Waals surface area contributed by atoms with E-state index in [4.69, 9.17) is 0 Å². The number of amides is 1. The number of nitrogens with zero attached hydrogens (tertiary/aromatic N) is 1. The molecule has 0 radical (unpaired) electrons. The first-order valence-electron chi connectivity index (χ1n) is 6.83. The average molecular weight is 320 g/mol. The van der Waals surface area contributed by atoms with Crippen molar-refractivity contribution >= 4 is 28.6 Å². The summed E-state index contributed by atoms with van der Waals surface area (Å²) in [7, 11) is 1.96. The maximum atomic E-state index is 12.1. The second-order valence-electron chi connectivity index (χ2n) is 5.25. The van der Waals surface area contributed by atoms with Gasteiger partial charge in [0.15, 0.2) is 6.54 Å². The van der Waals surface area contributed by atoms with Crippen molar-refractivity contribution in [3.8, 4) is 0 Å². The first-order chi connectivity index (χ1) is 10.5. The van der Waals surface area contributed by atoms with Crippen LogP contribution in [0.1, 0.15) is 11.1 Å². The summed E-state index contributed by atoms with van der Waals surface area (Å²) in [5.41, 5.74) is 2.52. The molecule has 0 spiro atoms. The molecule has 0 aliphatic heterocycles. The van der Waals surface area contributed by atoms with Gasteiger partial charge in [0.2, 0.25) is 0 Å². The van der Waals surface area contributed by atoms with Crippen LogP contribution in [0.25, 0.3) is 0 Å². The van der Waals surface area contributed by atoms with Crippen LogP contribution in [0.3, 0.4) is 0 Å². The van der Waals surface area contributed by atoms with Gasteiger partial charge in [-0.1, -0.05) is 0 Å². The Bertz CT molecular complexity index is 671. The van der Waals surface area contributed by atoms with Gasteiger partial charge in [-0.2, -0.15) is 11.3 Å². The van der Waals surface area contributed by atoms with Crippen LogP contribution in [0.4, 0.5) is 11.4 Å². The minimum absolute atomic E-state index is 0.0238. The summed E-state index contributed by atoms with van der Waals surface area (Å²) < 4.78 is 0. The van der Waals surface area contributed by atoms with Gasteiger partial charge in [0.25, 0.3) is 11.6 Å². The van der Waals surface area contributed by atoms with Gasteiger partial charge in [-0.05, 0) is 35.4 Å². The molecule has 0 bridgehead atoms. The van der Waals surface area contributed by atoms with Crippen molar-refractivity contribution in [1.82, 2.24) is 0 Å². The molecular formula is C15H18N3O3S+. The number of hydrogen-bond acceptors (Lipinski definition) is 4. The summed E-state index contributed by atoms with van der Waals surface area (Å²) in [6, 6.07) is 6.47. The highest BCUT2D eigenvalue weighted by Crippen LogP contribution is 2.20. The number of non-ortho nitro benzene ring substituents is 1. The number of anilines is 1. The van der Waals surface area contributed by atoms with E-state index in [9.17, 15) is 14.9 Å². The summed E-state index contributed by atoms with van der Waals surface area (Å²) in [5.74, 6) is -0.107. The first-order valence-corrected chi connectivity index (χ1v) is 7.77. The van der Waals surface area contributed by atoms with E-state index >= 15 is 0 Å². The van der Waals surface area contributed by atoms with Gasteiger partial charge in [-0.15, -0.1) is 0 Å². The fraction of sp³-hybridized carbons (Fsp3) is 0.267. The summed E-state index contributed by atoms with van der Waals surface area (Å²) in [6.45, 7) is 2.87. The second kappa shape index (κ2) is 7.15. The number of hydrogen-bond donors (Lipinski definition) is 2. The number of nitro benzene ring substituents is 1. The molecular weight excluding hydrogens is 302 g/mol. The zero-order valence-electron chi connectivity index (χ0n) is 12.5. The van der Waals surface area contributed by atoms with Crippen LogP contribution in [0.2, 0.25) is 0 Å². The smallest absolute Gasteiger partial charge is 0.279 e. The Morgan fingerprint density at radius 1 is 1.41 bits per heavy atom. The molecule has 7 heteroatoms. The van der Waals surface area contributed by atoms with Crippen molar-refractivity contribution in [2.45, 2.75) is 13.5 Å². The number of likely N-dealkylation sites (N-methyl/N-ethyl adjacent to an activating group) is 1. The molecule has 6 nitrogen and oxygen atoms in total. The highest BCUT2D eigenvalue weighted by molar-refractivity contribution is 7.07. The van der Waals surface area contributed by atoms with Crippen molar-refractivity contribution in [1.29, 1.82) is 0 Å². The minimum Gasteiger partial charge on any atom is -0.326 e. The molecule has 1 amide bonds. The van der Waals surface area contributed by atoms with Crippen molar-refractivity contribution < 1.29 is 14.6 Å². The quantitative estimate of drug-likeness (QED) is 0.627. The van der Waals surface area contributed by atoms with E-state index in [1.54, 1.807) is 24.3 Å². The van der Waals surface area contributed by atoms with Crippen LogP contribution in [0, 0.1) is 17.0 Å². The van der Waals surface area contributed by atoms with Crippen LogP contribution in [-0.2, 0) is 11.3 Å². The average Bonchev–Trinajstić information content (AvgIpc) is 2.93. The third-order valence-corrected chi connectivity index (χ3v) is 3.98. The Morgan fingerprint density at radius 3 is 2.77 bits per heavy atom. The fourth-order valence-corrected chi connectivity index (χ4v) is 2.84. The van der Waals surface area contributed by atoms with Gasteiger partial charge in [-0.3, -0.25) is 14.9 Å². The third kappa shape index (κ3) is 4.37. The first kappa shape index (κ1) is 16.1. The molecule has 1 heterocycles. The molecule has 1 atom stereocenters.